The fraction of sp³-hybridized carbons (Fsp3) is 0.154. The van der Waals surface area contributed by atoms with Crippen molar-refractivity contribution >= 4 is 17.5 Å². The summed E-state index contributed by atoms with van der Waals surface area (Å²) in [6, 6.07) is 18.6. The number of carbonyl (C=O) groups is 2. The number of hydrogen-bond acceptors (Lipinski definition) is 2. The molecule has 1 atom stereocenters. The Morgan fingerprint density at radius 2 is 1.41 bits per heavy atom. The van der Waals surface area contributed by atoms with Crippen molar-refractivity contribution in [1.82, 2.24) is 5.32 Å². The van der Waals surface area contributed by atoms with Crippen LogP contribution in [0.15, 0.2) is 72.8 Å². The summed E-state index contributed by atoms with van der Waals surface area (Å²) in [5.41, 5.74) is 1.34. The SMILES string of the molecule is CC(C)C(NC(=O)c1c(F)cccc1F)C(=O)Nc1cccc(C#Cc2ccccc2)c1. The maximum absolute atomic E-state index is 13.9. The van der Waals surface area contributed by atoms with Gasteiger partial charge in [0.15, 0.2) is 0 Å². The summed E-state index contributed by atoms with van der Waals surface area (Å²) >= 11 is 0. The van der Waals surface area contributed by atoms with Gasteiger partial charge in [-0.15, -0.1) is 0 Å². The summed E-state index contributed by atoms with van der Waals surface area (Å²) in [5, 5.41) is 5.18. The topological polar surface area (TPSA) is 58.2 Å². The summed E-state index contributed by atoms with van der Waals surface area (Å²) < 4.78 is 27.9. The minimum atomic E-state index is -0.999. The zero-order valence-corrected chi connectivity index (χ0v) is 17.7. The lowest BCUT2D eigenvalue weighted by Crippen LogP contribution is -2.47. The van der Waals surface area contributed by atoms with Crippen molar-refractivity contribution in [2.75, 3.05) is 5.32 Å². The summed E-state index contributed by atoms with van der Waals surface area (Å²) in [6.07, 6.45) is 0. The van der Waals surface area contributed by atoms with E-state index in [1.165, 1.54) is 6.07 Å². The molecule has 0 aliphatic rings. The minimum Gasteiger partial charge on any atom is -0.340 e. The lowest BCUT2D eigenvalue weighted by atomic mass is 10.0. The van der Waals surface area contributed by atoms with Crippen molar-refractivity contribution < 1.29 is 18.4 Å². The Morgan fingerprint density at radius 1 is 0.812 bits per heavy atom. The fourth-order valence-electron chi connectivity index (χ4n) is 3.02. The van der Waals surface area contributed by atoms with Crippen molar-refractivity contribution in [1.29, 1.82) is 0 Å². The highest BCUT2D eigenvalue weighted by Gasteiger charge is 2.27. The molecule has 2 N–H and O–H groups in total. The number of carbonyl (C=O) groups excluding carboxylic acids is 2. The molecule has 0 aromatic heterocycles. The molecule has 2 amide bonds. The molecule has 0 bridgehead atoms. The monoisotopic (exact) mass is 432 g/mol. The molecule has 0 heterocycles. The molecule has 0 aliphatic heterocycles. The Bertz CT molecular complexity index is 1160. The Labute approximate surface area is 185 Å². The van der Waals surface area contributed by atoms with E-state index in [2.05, 4.69) is 22.5 Å². The highest BCUT2D eigenvalue weighted by atomic mass is 19.1. The van der Waals surface area contributed by atoms with Crippen molar-refractivity contribution in [3.05, 3.63) is 101 Å². The van der Waals surface area contributed by atoms with E-state index in [9.17, 15) is 18.4 Å². The second-order valence-electron chi connectivity index (χ2n) is 7.48. The molecule has 0 saturated carbocycles. The van der Waals surface area contributed by atoms with Crippen molar-refractivity contribution in [3.8, 4) is 11.8 Å². The van der Waals surface area contributed by atoms with Crippen LogP contribution in [0.5, 0.6) is 0 Å². The average molecular weight is 432 g/mol. The van der Waals surface area contributed by atoms with Gasteiger partial charge >= 0.3 is 0 Å². The minimum absolute atomic E-state index is 0.324. The lowest BCUT2D eigenvalue weighted by molar-refractivity contribution is -0.118. The molecule has 0 aliphatic carbocycles. The number of anilines is 1. The maximum atomic E-state index is 13.9. The van der Waals surface area contributed by atoms with Gasteiger partial charge in [0.25, 0.3) is 5.91 Å². The Morgan fingerprint density at radius 3 is 2.06 bits per heavy atom. The van der Waals surface area contributed by atoms with Gasteiger partial charge in [0.1, 0.15) is 23.2 Å². The zero-order valence-electron chi connectivity index (χ0n) is 17.7. The predicted molar refractivity (Wildman–Crippen MR) is 120 cm³/mol. The first-order chi connectivity index (χ1) is 15.3. The summed E-state index contributed by atoms with van der Waals surface area (Å²) in [6.45, 7) is 3.45. The molecule has 6 heteroatoms. The first-order valence-corrected chi connectivity index (χ1v) is 10.1. The van der Waals surface area contributed by atoms with Crippen LogP contribution in [0.25, 0.3) is 0 Å². The maximum Gasteiger partial charge on any atom is 0.257 e. The van der Waals surface area contributed by atoms with Crippen molar-refractivity contribution in [2.24, 2.45) is 5.92 Å². The second-order valence-corrected chi connectivity index (χ2v) is 7.48. The van der Waals surface area contributed by atoms with E-state index in [0.29, 0.717) is 11.3 Å². The smallest absolute Gasteiger partial charge is 0.257 e. The second kappa shape index (κ2) is 10.4. The van der Waals surface area contributed by atoms with E-state index >= 15 is 0 Å². The highest BCUT2D eigenvalue weighted by Crippen LogP contribution is 2.15. The fourth-order valence-corrected chi connectivity index (χ4v) is 3.02. The van der Waals surface area contributed by atoms with Crippen LogP contribution in [-0.2, 0) is 4.79 Å². The highest BCUT2D eigenvalue weighted by molar-refractivity contribution is 6.01. The number of rotatable bonds is 5. The van der Waals surface area contributed by atoms with Crippen LogP contribution in [0.2, 0.25) is 0 Å². The molecule has 162 valence electrons. The summed E-state index contributed by atoms with van der Waals surface area (Å²) in [4.78, 5) is 25.3. The Hall–Kier alpha value is -3.98. The molecule has 0 fully saturated rings. The van der Waals surface area contributed by atoms with Gasteiger partial charge in [0.2, 0.25) is 5.91 Å². The van der Waals surface area contributed by atoms with Gasteiger partial charge in [0.05, 0.1) is 0 Å². The van der Waals surface area contributed by atoms with E-state index in [0.717, 1.165) is 17.7 Å². The largest absolute Gasteiger partial charge is 0.340 e. The van der Waals surface area contributed by atoms with Crippen molar-refractivity contribution in [3.63, 3.8) is 0 Å². The van der Waals surface area contributed by atoms with Crippen LogP contribution in [0.1, 0.15) is 35.3 Å². The van der Waals surface area contributed by atoms with E-state index in [4.69, 9.17) is 0 Å². The van der Waals surface area contributed by atoms with Crippen molar-refractivity contribution in [2.45, 2.75) is 19.9 Å². The average Bonchev–Trinajstić information content (AvgIpc) is 2.76. The third-order valence-electron chi connectivity index (χ3n) is 4.68. The van der Waals surface area contributed by atoms with Gasteiger partial charge in [-0.1, -0.05) is 56.0 Å². The lowest BCUT2D eigenvalue weighted by Gasteiger charge is -2.22. The molecule has 0 saturated heterocycles. The number of amides is 2. The van der Waals surface area contributed by atoms with Gasteiger partial charge < -0.3 is 10.6 Å². The molecule has 3 aromatic carbocycles. The van der Waals surface area contributed by atoms with Gasteiger partial charge in [0, 0.05) is 16.8 Å². The Balaban J connectivity index is 1.74. The van der Waals surface area contributed by atoms with Crippen LogP contribution >= 0.6 is 0 Å². The van der Waals surface area contributed by atoms with Crippen LogP contribution in [0.3, 0.4) is 0 Å². The molecule has 3 aromatic rings. The van der Waals surface area contributed by atoms with E-state index in [-0.39, 0.29) is 5.92 Å². The summed E-state index contributed by atoms with van der Waals surface area (Å²) in [7, 11) is 0. The number of halogens is 2. The van der Waals surface area contributed by atoms with Gasteiger partial charge in [-0.25, -0.2) is 8.78 Å². The molecule has 3 rings (SSSR count). The van der Waals surface area contributed by atoms with Crippen LogP contribution in [0.4, 0.5) is 14.5 Å². The van der Waals surface area contributed by atoms with Crippen LogP contribution in [0, 0.1) is 29.4 Å². The normalized spacial score (nSPS) is 11.3. The summed E-state index contributed by atoms with van der Waals surface area (Å²) in [5.74, 6) is 2.29. The van der Waals surface area contributed by atoms with Crippen LogP contribution in [-0.4, -0.2) is 17.9 Å². The first-order valence-electron chi connectivity index (χ1n) is 10.1. The van der Waals surface area contributed by atoms with E-state index in [1.807, 2.05) is 36.4 Å². The van der Waals surface area contributed by atoms with Gasteiger partial charge in [-0.3, -0.25) is 9.59 Å². The Kier molecular flexibility index (Phi) is 7.35. The molecule has 4 nitrogen and oxygen atoms in total. The van der Waals surface area contributed by atoms with E-state index in [1.54, 1.807) is 32.0 Å². The van der Waals surface area contributed by atoms with Gasteiger partial charge in [-0.2, -0.15) is 0 Å². The standard InChI is InChI=1S/C26H22F2N2O2/c1-17(2)24(30-25(31)23-21(27)12-7-13-22(23)28)26(32)29-20-11-6-10-19(16-20)15-14-18-8-4-3-5-9-18/h3-13,16-17,24H,1-2H3,(H,29,32)(H,30,31). The molecule has 1 unspecified atom stereocenters. The van der Waals surface area contributed by atoms with Crippen LogP contribution < -0.4 is 10.6 Å². The van der Waals surface area contributed by atoms with E-state index < -0.39 is 35.1 Å². The quantitative estimate of drug-likeness (QED) is 0.572. The zero-order chi connectivity index (χ0) is 23.1. The third kappa shape index (κ3) is 5.79. The molecule has 0 radical (unpaired) electrons. The number of nitrogens with one attached hydrogen (secondary N) is 2. The third-order valence-corrected chi connectivity index (χ3v) is 4.68. The number of hydrogen-bond donors (Lipinski definition) is 2. The first kappa shape index (κ1) is 22.7. The molecular formula is C26H22F2N2O2. The van der Waals surface area contributed by atoms with Gasteiger partial charge in [-0.05, 0) is 48.4 Å². The molecular weight excluding hydrogens is 410 g/mol. The predicted octanol–water partition coefficient (Wildman–Crippen LogP) is 4.76. The molecule has 0 spiro atoms. The number of benzene rings is 3. The molecule has 32 heavy (non-hydrogen) atoms.